The third kappa shape index (κ3) is 2.70. The molecule has 1 unspecified atom stereocenters. The van der Waals surface area contributed by atoms with Crippen molar-refractivity contribution in [3.05, 3.63) is 18.2 Å². The molecule has 0 spiro atoms. The number of halogens is 2. The number of alkyl halides is 1. The second kappa shape index (κ2) is 5.57. The number of rotatable bonds is 2. The van der Waals surface area contributed by atoms with Gasteiger partial charge in [0, 0.05) is 17.9 Å². The Hall–Kier alpha value is -0.710. The lowest BCUT2D eigenvalue weighted by Gasteiger charge is -2.28. The summed E-state index contributed by atoms with van der Waals surface area (Å²) in [6, 6.07) is 0.424. The second-order valence-electron chi connectivity index (χ2n) is 4.05. The average Bonchev–Trinajstić information content (AvgIpc) is 2.55. The third-order valence-corrected chi connectivity index (χ3v) is 3.67. The summed E-state index contributed by atoms with van der Waals surface area (Å²) in [6.07, 6.45) is 7.27. The molecule has 1 saturated heterocycles. The highest BCUT2D eigenvalue weighted by molar-refractivity contribution is 9.09. The van der Waals surface area contributed by atoms with Crippen LogP contribution in [0, 0.1) is 5.82 Å². The Labute approximate surface area is 103 Å². The predicted molar refractivity (Wildman–Crippen MR) is 65.4 cm³/mol. The largest absolute Gasteiger partial charge is 0.337 e. The lowest BCUT2D eigenvalue weighted by molar-refractivity contribution is 0.594. The standard InChI is InChI=1S/C11H15BrFN3/c12-6-10-4-2-1-3-5-16(10)11-14-7-9(13)8-15-11/h7-8,10H,1-6H2. The molecule has 0 aromatic carbocycles. The zero-order valence-electron chi connectivity index (χ0n) is 9.07. The van der Waals surface area contributed by atoms with E-state index in [1.165, 1.54) is 25.2 Å². The van der Waals surface area contributed by atoms with Gasteiger partial charge in [-0.2, -0.15) is 0 Å². The van der Waals surface area contributed by atoms with Gasteiger partial charge in [0.1, 0.15) is 0 Å². The molecular weight excluding hydrogens is 273 g/mol. The van der Waals surface area contributed by atoms with E-state index >= 15 is 0 Å². The SMILES string of the molecule is Fc1cnc(N2CCCCCC2CBr)nc1. The Morgan fingerprint density at radius 1 is 1.31 bits per heavy atom. The lowest BCUT2D eigenvalue weighted by Crippen LogP contribution is -2.37. The lowest BCUT2D eigenvalue weighted by atomic mass is 10.1. The van der Waals surface area contributed by atoms with E-state index in [2.05, 4.69) is 30.8 Å². The van der Waals surface area contributed by atoms with Crippen molar-refractivity contribution >= 4 is 21.9 Å². The summed E-state index contributed by atoms with van der Waals surface area (Å²) in [5, 5.41) is 0.910. The maximum Gasteiger partial charge on any atom is 0.225 e. The van der Waals surface area contributed by atoms with Crippen molar-refractivity contribution < 1.29 is 4.39 Å². The first-order valence-electron chi connectivity index (χ1n) is 5.61. The quantitative estimate of drug-likeness (QED) is 0.784. The Kier molecular flexibility index (Phi) is 4.09. The van der Waals surface area contributed by atoms with Gasteiger partial charge in [0.15, 0.2) is 5.82 Å². The molecule has 5 heteroatoms. The summed E-state index contributed by atoms with van der Waals surface area (Å²) in [5.41, 5.74) is 0. The third-order valence-electron chi connectivity index (χ3n) is 2.92. The van der Waals surface area contributed by atoms with E-state index in [1.807, 2.05) is 0 Å². The summed E-state index contributed by atoms with van der Waals surface area (Å²) in [7, 11) is 0. The van der Waals surface area contributed by atoms with Gasteiger partial charge < -0.3 is 4.90 Å². The molecule has 3 nitrogen and oxygen atoms in total. The predicted octanol–water partition coefficient (Wildman–Crippen LogP) is 2.76. The van der Waals surface area contributed by atoms with Crippen LogP contribution in [0.25, 0.3) is 0 Å². The Morgan fingerprint density at radius 2 is 2.06 bits per heavy atom. The molecular formula is C11H15BrFN3. The molecule has 1 aromatic rings. The first-order valence-corrected chi connectivity index (χ1v) is 6.73. The number of anilines is 1. The molecule has 1 fully saturated rings. The van der Waals surface area contributed by atoms with Gasteiger partial charge in [-0.3, -0.25) is 0 Å². The smallest absolute Gasteiger partial charge is 0.225 e. The van der Waals surface area contributed by atoms with E-state index in [9.17, 15) is 4.39 Å². The van der Waals surface area contributed by atoms with E-state index in [0.29, 0.717) is 12.0 Å². The molecule has 0 saturated carbocycles. The summed E-state index contributed by atoms with van der Waals surface area (Å²) >= 11 is 3.53. The molecule has 0 amide bonds. The summed E-state index contributed by atoms with van der Waals surface area (Å²) < 4.78 is 12.8. The van der Waals surface area contributed by atoms with Crippen LogP contribution < -0.4 is 4.90 Å². The van der Waals surface area contributed by atoms with Crippen LogP contribution in [0.3, 0.4) is 0 Å². The number of nitrogens with zero attached hydrogens (tertiary/aromatic N) is 3. The van der Waals surface area contributed by atoms with Gasteiger partial charge in [-0.05, 0) is 12.8 Å². The Bertz CT molecular complexity index is 331. The molecule has 1 aliphatic rings. The van der Waals surface area contributed by atoms with E-state index < -0.39 is 0 Å². The van der Waals surface area contributed by atoms with Crippen LogP contribution in [0.1, 0.15) is 25.7 Å². The molecule has 16 heavy (non-hydrogen) atoms. The van der Waals surface area contributed by atoms with Crippen LogP contribution in [0.2, 0.25) is 0 Å². The van der Waals surface area contributed by atoms with Gasteiger partial charge in [-0.15, -0.1) is 0 Å². The van der Waals surface area contributed by atoms with Crippen molar-refractivity contribution in [1.82, 2.24) is 9.97 Å². The molecule has 2 heterocycles. The fourth-order valence-electron chi connectivity index (χ4n) is 2.05. The maximum absolute atomic E-state index is 12.8. The number of hydrogen-bond donors (Lipinski definition) is 0. The van der Waals surface area contributed by atoms with Crippen molar-refractivity contribution in [3.8, 4) is 0 Å². The van der Waals surface area contributed by atoms with Crippen molar-refractivity contribution in [3.63, 3.8) is 0 Å². The molecule has 0 aliphatic carbocycles. The average molecular weight is 288 g/mol. The summed E-state index contributed by atoms with van der Waals surface area (Å²) in [4.78, 5) is 10.3. The highest BCUT2D eigenvalue weighted by atomic mass is 79.9. The maximum atomic E-state index is 12.8. The van der Waals surface area contributed by atoms with Gasteiger partial charge in [0.25, 0.3) is 0 Å². The fraction of sp³-hybridized carbons (Fsp3) is 0.636. The Balaban J connectivity index is 2.18. The van der Waals surface area contributed by atoms with Crippen LogP contribution in [0.4, 0.5) is 10.3 Å². The van der Waals surface area contributed by atoms with Crippen LogP contribution in [0.5, 0.6) is 0 Å². The van der Waals surface area contributed by atoms with E-state index in [0.717, 1.165) is 24.7 Å². The topological polar surface area (TPSA) is 29.0 Å². The van der Waals surface area contributed by atoms with E-state index in [1.54, 1.807) is 0 Å². The first-order chi connectivity index (χ1) is 7.81. The molecule has 1 aliphatic heterocycles. The van der Waals surface area contributed by atoms with Gasteiger partial charge in [0.2, 0.25) is 5.95 Å². The normalized spacial score (nSPS) is 21.9. The molecule has 0 N–H and O–H groups in total. The minimum absolute atomic E-state index is 0.381. The number of hydrogen-bond acceptors (Lipinski definition) is 3. The molecule has 0 bridgehead atoms. The highest BCUT2D eigenvalue weighted by Gasteiger charge is 2.22. The van der Waals surface area contributed by atoms with E-state index in [4.69, 9.17) is 0 Å². The van der Waals surface area contributed by atoms with Gasteiger partial charge in [0.05, 0.1) is 12.4 Å². The molecule has 1 aromatic heterocycles. The zero-order chi connectivity index (χ0) is 11.4. The first kappa shape index (κ1) is 11.8. The zero-order valence-corrected chi connectivity index (χ0v) is 10.7. The molecule has 1 atom stereocenters. The van der Waals surface area contributed by atoms with Crippen molar-refractivity contribution in [2.45, 2.75) is 31.7 Å². The highest BCUT2D eigenvalue weighted by Crippen LogP contribution is 2.22. The summed E-state index contributed by atoms with van der Waals surface area (Å²) in [5.74, 6) is 0.265. The minimum atomic E-state index is -0.381. The van der Waals surface area contributed by atoms with Crippen molar-refractivity contribution in [2.75, 3.05) is 16.8 Å². The van der Waals surface area contributed by atoms with E-state index in [-0.39, 0.29) is 5.82 Å². The summed E-state index contributed by atoms with van der Waals surface area (Å²) in [6.45, 7) is 0.960. The fourth-order valence-corrected chi connectivity index (χ4v) is 2.73. The van der Waals surface area contributed by atoms with Crippen LogP contribution in [-0.4, -0.2) is 27.9 Å². The molecule has 88 valence electrons. The second-order valence-corrected chi connectivity index (χ2v) is 4.70. The van der Waals surface area contributed by atoms with Crippen LogP contribution in [-0.2, 0) is 0 Å². The number of aromatic nitrogens is 2. The van der Waals surface area contributed by atoms with Crippen molar-refractivity contribution in [1.29, 1.82) is 0 Å². The minimum Gasteiger partial charge on any atom is -0.337 e. The van der Waals surface area contributed by atoms with Crippen molar-refractivity contribution in [2.24, 2.45) is 0 Å². The van der Waals surface area contributed by atoms with Crippen LogP contribution in [0.15, 0.2) is 12.4 Å². The van der Waals surface area contributed by atoms with Crippen LogP contribution >= 0.6 is 15.9 Å². The Morgan fingerprint density at radius 3 is 2.75 bits per heavy atom. The molecule has 0 radical (unpaired) electrons. The monoisotopic (exact) mass is 287 g/mol. The van der Waals surface area contributed by atoms with Gasteiger partial charge in [-0.25, -0.2) is 14.4 Å². The molecule has 2 rings (SSSR count). The van der Waals surface area contributed by atoms with Gasteiger partial charge >= 0.3 is 0 Å². The van der Waals surface area contributed by atoms with Gasteiger partial charge in [-0.1, -0.05) is 28.8 Å².